The van der Waals surface area contributed by atoms with Crippen LogP contribution in [0.25, 0.3) is 6.08 Å². The maximum absolute atomic E-state index is 14.1. The predicted molar refractivity (Wildman–Crippen MR) is 171 cm³/mol. The van der Waals surface area contributed by atoms with E-state index in [0.29, 0.717) is 48.7 Å². The van der Waals surface area contributed by atoms with E-state index in [-0.39, 0.29) is 24.6 Å². The molecular formula is C32H27Br2FN2O5S. The van der Waals surface area contributed by atoms with Gasteiger partial charge in [-0.3, -0.25) is 9.36 Å². The van der Waals surface area contributed by atoms with Gasteiger partial charge in [-0.2, -0.15) is 0 Å². The number of carbonyl (C=O) groups excluding carboxylic acids is 1. The molecule has 2 heterocycles. The summed E-state index contributed by atoms with van der Waals surface area (Å²) in [6, 6.07) is 16.4. The molecule has 0 fully saturated rings. The molecule has 222 valence electrons. The molecule has 0 saturated heterocycles. The minimum atomic E-state index is -0.739. The molecule has 1 aromatic heterocycles. The van der Waals surface area contributed by atoms with E-state index in [0.717, 1.165) is 15.6 Å². The number of rotatable bonds is 9. The van der Waals surface area contributed by atoms with Crippen molar-refractivity contribution in [3.05, 3.63) is 123 Å². The Hall–Kier alpha value is -3.54. The number of nitrogens with zero attached hydrogens (tertiary/aromatic N) is 2. The molecule has 0 saturated carbocycles. The summed E-state index contributed by atoms with van der Waals surface area (Å²) in [5.41, 5.74) is 2.64. The zero-order valence-corrected chi connectivity index (χ0v) is 27.5. The summed E-state index contributed by atoms with van der Waals surface area (Å²) >= 11 is 8.33. The second-order valence-electron chi connectivity index (χ2n) is 9.53. The maximum Gasteiger partial charge on any atom is 0.338 e. The Bertz CT molecular complexity index is 1880. The highest BCUT2D eigenvalue weighted by molar-refractivity contribution is 9.11. The van der Waals surface area contributed by atoms with Gasteiger partial charge in [-0.15, -0.1) is 0 Å². The number of aromatic nitrogens is 1. The van der Waals surface area contributed by atoms with E-state index < -0.39 is 12.0 Å². The first kappa shape index (κ1) is 30.9. The first-order chi connectivity index (χ1) is 20.7. The molecule has 4 aromatic rings. The van der Waals surface area contributed by atoms with E-state index in [1.165, 1.54) is 28.0 Å². The first-order valence-corrected chi connectivity index (χ1v) is 15.9. The van der Waals surface area contributed by atoms with Gasteiger partial charge in [-0.25, -0.2) is 14.2 Å². The van der Waals surface area contributed by atoms with E-state index in [1.807, 2.05) is 43.3 Å². The predicted octanol–water partition coefficient (Wildman–Crippen LogP) is 6.44. The summed E-state index contributed by atoms with van der Waals surface area (Å²) in [7, 11) is 0. The van der Waals surface area contributed by atoms with Crippen molar-refractivity contribution in [2.45, 2.75) is 33.4 Å². The third-order valence-electron chi connectivity index (χ3n) is 6.64. The van der Waals surface area contributed by atoms with Crippen LogP contribution in [-0.4, -0.2) is 23.8 Å². The molecule has 0 aliphatic carbocycles. The van der Waals surface area contributed by atoms with Crippen LogP contribution >= 0.6 is 43.2 Å². The fourth-order valence-corrected chi connectivity index (χ4v) is 7.15. The van der Waals surface area contributed by atoms with Crippen LogP contribution in [0.15, 0.2) is 90.7 Å². The molecule has 0 unspecified atom stereocenters. The second-order valence-corrected chi connectivity index (χ2v) is 12.3. The van der Waals surface area contributed by atoms with Crippen LogP contribution in [-0.2, 0) is 16.1 Å². The van der Waals surface area contributed by atoms with Crippen LogP contribution < -0.4 is 24.4 Å². The van der Waals surface area contributed by atoms with Crippen molar-refractivity contribution in [3.8, 4) is 11.5 Å². The number of thiazole rings is 1. The van der Waals surface area contributed by atoms with Crippen molar-refractivity contribution in [2.75, 3.05) is 13.2 Å². The zero-order valence-electron chi connectivity index (χ0n) is 23.5. The molecule has 43 heavy (non-hydrogen) atoms. The number of halogens is 3. The fraction of sp³-hybridized carbons (Fsp3) is 0.219. The molecule has 0 N–H and O–H groups in total. The van der Waals surface area contributed by atoms with Gasteiger partial charge in [0.05, 0.1) is 39.5 Å². The summed E-state index contributed by atoms with van der Waals surface area (Å²) in [6.07, 6.45) is 1.75. The lowest BCUT2D eigenvalue weighted by atomic mass is 9.96. The Morgan fingerprint density at radius 2 is 1.77 bits per heavy atom. The number of esters is 1. The Morgan fingerprint density at radius 1 is 1.05 bits per heavy atom. The number of hydrogen-bond donors (Lipinski definition) is 0. The van der Waals surface area contributed by atoms with Crippen molar-refractivity contribution >= 4 is 55.2 Å². The molecule has 0 amide bonds. The van der Waals surface area contributed by atoms with Gasteiger partial charge in [0, 0.05) is 10.0 Å². The molecular weight excluding hydrogens is 703 g/mol. The van der Waals surface area contributed by atoms with E-state index in [1.54, 1.807) is 32.1 Å². The van der Waals surface area contributed by atoms with Crippen LogP contribution in [0, 0.1) is 5.82 Å². The molecule has 0 bridgehead atoms. The van der Waals surface area contributed by atoms with Crippen molar-refractivity contribution < 1.29 is 23.4 Å². The van der Waals surface area contributed by atoms with Crippen LogP contribution in [0.3, 0.4) is 0 Å². The van der Waals surface area contributed by atoms with Gasteiger partial charge in [0.2, 0.25) is 0 Å². The zero-order chi connectivity index (χ0) is 30.7. The standard InChI is InChI=1S/C32H27Br2FN2O5S/c1-4-40-24-12-8-20(9-13-24)28-27(31(39)41-5-2)18(3)36-32-37(28)30(38)26(43-32)15-21-14-22(33)16-25(34)29(21)42-17-19-6-10-23(35)11-7-19/h6-16,28H,4-5,17H2,1-3H3/b26-15-/t28-/m1/s1. The maximum atomic E-state index is 14.1. The molecule has 1 atom stereocenters. The Balaban J connectivity index is 1.63. The smallest absolute Gasteiger partial charge is 0.338 e. The van der Waals surface area contributed by atoms with Crippen molar-refractivity contribution in [1.29, 1.82) is 0 Å². The van der Waals surface area contributed by atoms with E-state index in [2.05, 4.69) is 36.9 Å². The largest absolute Gasteiger partial charge is 0.494 e. The van der Waals surface area contributed by atoms with Gasteiger partial charge in [-0.1, -0.05) is 51.5 Å². The average Bonchev–Trinajstić information content (AvgIpc) is 3.27. The molecule has 5 rings (SSSR count). The van der Waals surface area contributed by atoms with Gasteiger partial charge in [0.1, 0.15) is 23.9 Å². The van der Waals surface area contributed by atoms with E-state index in [4.69, 9.17) is 14.2 Å². The first-order valence-electron chi connectivity index (χ1n) is 13.5. The lowest BCUT2D eigenvalue weighted by molar-refractivity contribution is -0.139. The summed E-state index contributed by atoms with van der Waals surface area (Å²) in [4.78, 5) is 32.4. The topological polar surface area (TPSA) is 79.1 Å². The Morgan fingerprint density at radius 3 is 2.44 bits per heavy atom. The molecule has 0 spiro atoms. The van der Waals surface area contributed by atoms with Crippen LogP contribution in [0.2, 0.25) is 0 Å². The van der Waals surface area contributed by atoms with Gasteiger partial charge < -0.3 is 14.2 Å². The molecule has 7 nitrogen and oxygen atoms in total. The Labute approximate surface area is 268 Å². The van der Waals surface area contributed by atoms with E-state index >= 15 is 0 Å². The summed E-state index contributed by atoms with van der Waals surface area (Å²) in [6.45, 7) is 6.29. The van der Waals surface area contributed by atoms with Gasteiger partial charge >= 0.3 is 5.97 Å². The van der Waals surface area contributed by atoms with Crippen LogP contribution in [0.4, 0.5) is 4.39 Å². The third kappa shape index (κ3) is 6.68. The minimum Gasteiger partial charge on any atom is -0.494 e. The monoisotopic (exact) mass is 728 g/mol. The SMILES string of the molecule is CCOC(=O)C1=C(C)N=c2s/c(=C\c3cc(Br)cc(Br)c3OCc3ccc(F)cc3)c(=O)n2[C@@H]1c1ccc(OCC)cc1. The number of fused-ring (bicyclic) bond motifs is 1. The van der Waals surface area contributed by atoms with Crippen molar-refractivity contribution in [2.24, 2.45) is 4.99 Å². The number of allylic oxidation sites excluding steroid dienone is 1. The Kier molecular flexibility index (Phi) is 9.63. The lowest BCUT2D eigenvalue weighted by Gasteiger charge is -2.24. The van der Waals surface area contributed by atoms with Crippen molar-refractivity contribution in [3.63, 3.8) is 0 Å². The highest BCUT2D eigenvalue weighted by Gasteiger charge is 2.33. The molecule has 3 aromatic carbocycles. The van der Waals surface area contributed by atoms with Crippen LogP contribution in [0.1, 0.15) is 43.5 Å². The van der Waals surface area contributed by atoms with Crippen molar-refractivity contribution in [1.82, 2.24) is 4.57 Å². The number of carbonyl (C=O) groups is 1. The van der Waals surface area contributed by atoms with Gasteiger partial charge in [0.15, 0.2) is 4.80 Å². The third-order valence-corrected chi connectivity index (χ3v) is 8.67. The van der Waals surface area contributed by atoms with Gasteiger partial charge in [-0.05, 0) is 90.3 Å². The second kappa shape index (κ2) is 13.4. The summed E-state index contributed by atoms with van der Waals surface area (Å²) in [5.74, 6) is 0.356. The van der Waals surface area contributed by atoms with Gasteiger partial charge in [0.25, 0.3) is 5.56 Å². The summed E-state index contributed by atoms with van der Waals surface area (Å²) in [5, 5.41) is 0. The molecule has 0 radical (unpaired) electrons. The molecule has 1 aliphatic rings. The molecule has 11 heteroatoms. The number of ether oxygens (including phenoxy) is 3. The lowest BCUT2D eigenvalue weighted by Crippen LogP contribution is -2.39. The highest BCUT2D eigenvalue weighted by atomic mass is 79.9. The average molecular weight is 730 g/mol. The fourth-order valence-electron chi connectivity index (χ4n) is 4.74. The highest BCUT2D eigenvalue weighted by Crippen LogP contribution is 2.35. The minimum absolute atomic E-state index is 0.189. The number of hydrogen-bond acceptors (Lipinski definition) is 7. The quantitative estimate of drug-likeness (QED) is 0.186. The normalized spacial score (nSPS) is 14.7. The summed E-state index contributed by atoms with van der Waals surface area (Å²) < 4.78 is 33.9. The number of benzene rings is 3. The van der Waals surface area contributed by atoms with Crippen LogP contribution in [0.5, 0.6) is 11.5 Å². The van der Waals surface area contributed by atoms with E-state index in [9.17, 15) is 14.0 Å². The molecule has 1 aliphatic heterocycles.